The summed E-state index contributed by atoms with van der Waals surface area (Å²) in [5.41, 5.74) is 0. The van der Waals surface area contributed by atoms with E-state index in [1.54, 1.807) is 0 Å². The maximum absolute atomic E-state index is 10.2. The van der Waals surface area contributed by atoms with Crippen molar-refractivity contribution in [2.24, 2.45) is 0 Å². The van der Waals surface area contributed by atoms with E-state index in [2.05, 4.69) is 4.74 Å². The van der Waals surface area contributed by atoms with Crippen LogP contribution in [0.2, 0.25) is 0 Å². The van der Waals surface area contributed by atoms with E-state index in [9.17, 15) is 9.59 Å². The molecule has 0 amide bonds. The first kappa shape index (κ1) is 11.8. The van der Waals surface area contributed by atoms with Gasteiger partial charge in [-0.05, 0) is 6.92 Å². The molecule has 0 saturated carbocycles. The van der Waals surface area contributed by atoms with Crippen LogP contribution in [-0.4, -0.2) is 44.7 Å². The molecule has 0 radical (unpaired) electrons. The summed E-state index contributed by atoms with van der Waals surface area (Å²) in [6, 6.07) is 0. The van der Waals surface area contributed by atoms with E-state index in [0.717, 1.165) is 0 Å². The van der Waals surface area contributed by atoms with Crippen molar-refractivity contribution >= 4 is 37.6 Å². The third-order valence-electron chi connectivity index (χ3n) is 0.621. The van der Waals surface area contributed by atoms with Crippen molar-refractivity contribution in [3.8, 4) is 0 Å². The van der Waals surface area contributed by atoms with Crippen LogP contribution in [-0.2, 0) is 14.3 Å². The number of esters is 1. The Bertz CT molecular complexity index is 111. The summed E-state index contributed by atoms with van der Waals surface area (Å²) in [4.78, 5) is 20.3. The quantitative estimate of drug-likeness (QED) is 0.452. The van der Waals surface area contributed by atoms with Gasteiger partial charge in [-0.3, -0.25) is 9.59 Å². The predicted octanol–water partition coefficient (Wildman–Crippen LogP) is -1.05. The van der Waals surface area contributed by atoms with E-state index in [1.165, 1.54) is 14.0 Å². The third kappa shape index (κ3) is 8.01. The Balaban J connectivity index is 0. The minimum absolute atomic E-state index is 0. The molecule has 0 N–H and O–H groups in total. The van der Waals surface area contributed by atoms with Crippen LogP contribution < -0.4 is 0 Å². The number of ether oxygens (including phenoxy) is 1. The molecule has 0 heterocycles. The average molecular weight is 234 g/mol. The number of hydrogen-bond acceptors (Lipinski definition) is 3. The fourth-order valence-electron chi connectivity index (χ4n) is 0.275. The minimum atomic E-state index is -0.475. The van der Waals surface area contributed by atoms with Gasteiger partial charge in [-0.25, -0.2) is 0 Å². The number of ketones is 1. The molecule has 0 aliphatic rings. The third-order valence-corrected chi connectivity index (χ3v) is 0.621. The molecule has 0 aliphatic carbocycles. The van der Waals surface area contributed by atoms with Crippen LogP contribution in [0, 0.1) is 0 Å². The van der Waals surface area contributed by atoms with Gasteiger partial charge < -0.3 is 4.74 Å². The SMILES string of the molecule is COC(=O)CC(C)=O.[InH3]. The summed E-state index contributed by atoms with van der Waals surface area (Å²) < 4.78 is 4.20. The van der Waals surface area contributed by atoms with E-state index in [-0.39, 0.29) is 38.0 Å². The van der Waals surface area contributed by atoms with Gasteiger partial charge in [0.15, 0.2) is 0 Å². The summed E-state index contributed by atoms with van der Waals surface area (Å²) in [6.45, 7) is 1.34. The average Bonchev–Trinajstić information content (AvgIpc) is 1.65. The Hall–Kier alpha value is 0.0101. The van der Waals surface area contributed by atoms with Crippen LogP contribution in [0.3, 0.4) is 0 Å². The zero-order chi connectivity index (χ0) is 6.57. The van der Waals surface area contributed by atoms with Crippen molar-refractivity contribution in [3.05, 3.63) is 0 Å². The molecular weight excluding hydrogens is 223 g/mol. The van der Waals surface area contributed by atoms with Gasteiger partial charge in [0.25, 0.3) is 0 Å². The molecule has 0 aromatic carbocycles. The normalized spacial score (nSPS) is 7.33. The molecule has 0 unspecified atom stereocenters. The zero-order valence-electron chi connectivity index (χ0n) is 4.93. The van der Waals surface area contributed by atoms with Gasteiger partial charge in [0.05, 0.1) is 7.11 Å². The topological polar surface area (TPSA) is 43.4 Å². The first-order valence-corrected chi connectivity index (χ1v) is 2.23. The summed E-state index contributed by atoms with van der Waals surface area (Å²) >= 11 is 0. The molecule has 0 aromatic rings. The Morgan fingerprint density at radius 3 is 2.00 bits per heavy atom. The van der Waals surface area contributed by atoms with Crippen LogP contribution in [0.5, 0.6) is 0 Å². The zero-order valence-corrected chi connectivity index (χ0v) is 4.93. The summed E-state index contributed by atoms with van der Waals surface area (Å²) in [5.74, 6) is -0.644. The second-order valence-electron chi connectivity index (χ2n) is 1.45. The monoisotopic (exact) mass is 234 g/mol. The number of hydrogen-bond donors (Lipinski definition) is 0. The molecule has 9 heavy (non-hydrogen) atoms. The number of Topliss-reactive ketones (excluding diaryl/α,β-unsaturated/α-hetero) is 1. The molecule has 4 heteroatoms. The van der Waals surface area contributed by atoms with Crippen LogP contribution >= 0.6 is 0 Å². The van der Waals surface area contributed by atoms with Crippen molar-refractivity contribution in [1.29, 1.82) is 0 Å². The van der Waals surface area contributed by atoms with Gasteiger partial charge in [0, 0.05) is 0 Å². The molecule has 0 aliphatic heterocycles. The summed E-state index contributed by atoms with van der Waals surface area (Å²) in [6.07, 6.45) is -0.115. The van der Waals surface area contributed by atoms with Gasteiger partial charge in [-0.2, -0.15) is 0 Å². The number of carbonyl (C=O) groups is 2. The van der Waals surface area contributed by atoms with Crippen LogP contribution in [0.25, 0.3) is 0 Å². The number of methoxy groups -OCH3 is 1. The second-order valence-corrected chi connectivity index (χ2v) is 1.45. The van der Waals surface area contributed by atoms with Crippen molar-refractivity contribution in [1.82, 2.24) is 0 Å². The van der Waals surface area contributed by atoms with Crippen LogP contribution in [0.1, 0.15) is 13.3 Å². The van der Waals surface area contributed by atoms with Crippen LogP contribution in [0.15, 0.2) is 0 Å². The molecule has 52 valence electrons. The van der Waals surface area contributed by atoms with Crippen molar-refractivity contribution in [2.75, 3.05) is 7.11 Å². The first-order valence-electron chi connectivity index (χ1n) is 2.23. The number of rotatable bonds is 2. The fraction of sp³-hybridized carbons (Fsp3) is 0.600. The molecule has 0 atom stereocenters. The first-order chi connectivity index (χ1) is 3.66. The summed E-state index contributed by atoms with van der Waals surface area (Å²) in [7, 11) is 1.26. The van der Waals surface area contributed by atoms with Crippen molar-refractivity contribution in [2.45, 2.75) is 13.3 Å². The summed E-state index contributed by atoms with van der Waals surface area (Å²) in [5, 5.41) is 0. The van der Waals surface area contributed by atoms with E-state index in [0.29, 0.717) is 0 Å². The Morgan fingerprint density at radius 1 is 1.44 bits per heavy atom. The van der Waals surface area contributed by atoms with E-state index < -0.39 is 5.97 Å². The van der Waals surface area contributed by atoms with E-state index in [4.69, 9.17) is 0 Å². The predicted molar refractivity (Wildman–Crippen MR) is 37.3 cm³/mol. The fourth-order valence-corrected chi connectivity index (χ4v) is 0.275. The Kier molecular flexibility index (Phi) is 8.02. The molecule has 0 fully saturated rings. The van der Waals surface area contributed by atoms with Crippen LogP contribution in [0.4, 0.5) is 0 Å². The Morgan fingerprint density at radius 2 is 1.89 bits per heavy atom. The molecule has 0 rings (SSSR count). The number of carbonyl (C=O) groups excluding carboxylic acids is 2. The van der Waals surface area contributed by atoms with Crippen molar-refractivity contribution < 1.29 is 14.3 Å². The molecule has 0 aromatic heterocycles. The maximum atomic E-state index is 10.2. The van der Waals surface area contributed by atoms with Crippen molar-refractivity contribution in [3.63, 3.8) is 0 Å². The molecule has 0 bridgehead atoms. The molecular formula is C5H11InO3. The molecule has 0 saturated heterocycles. The van der Waals surface area contributed by atoms with Gasteiger partial charge in [-0.15, -0.1) is 0 Å². The molecule has 3 nitrogen and oxygen atoms in total. The van der Waals surface area contributed by atoms with E-state index in [1.807, 2.05) is 0 Å². The van der Waals surface area contributed by atoms with E-state index >= 15 is 0 Å². The van der Waals surface area contributed by atoms with Gasteiger partial charge in [0.1, 0.15) is 12.2 Å². The van der Waals surface area contributed by atoms with Gasteiger partial charge in [-0.1, -0.05) is 0 Å². The molecule has 0 spiro atoms. The second kappa shape index (κ2) is 6.13. The standard InChI is InChI=1S/C5H8O3.In.3H/c1-4(6)3-5(7)8-2;;;;/h3H2,1-2H3;;;;. The van der Waals surface area contributed by atoms with Gasteiger partial charge in [0.2, 0.25) is 0 Å². The van der Waals surface area contributed by atoms with Gasteiger partial charge >= 0.3 is 31.8 Å². The Labute approximate surface area is 72.5 Å².